The van der Waals surface area contributed by atoms with Crippen molar-refractivity contribution in [2.45, 2.75) is 13.3 Å². The molecule has 6 nitrogen and oxygen atoms in total. The number of piperazine rings is 1. The molecule has 0 atom stereocenters. The zero-order valence-corrected chi connectivity index (χ0v) is 12.9. The number of aryl methyl sites for hydroxylation is 1. The Morgan fingerprint density at radius 2 is 2.09 bits per heavy atom. The normalized spacial score (nSPS) is 16.4. The quantitative estimate of drug-likeness (QED) is 0.884. The van der Waals surface area contributed by atoms with Gasteiger partial charge in [-0.1, -0.05) is 6.07 Å². The largest absolute Gasteiger partial charge is 0.395 e. The number of β-amino-alcohol motifs (C(OH)–C–C–N with tert-alkyl or cyclic N) is 1. The molecule has 1 fully saturated rings. The van der Waals surface area contributed by atoms with Crippen LogP contribution < -0.4 is 0 Å². The number of aromatic nitrogens is 2. The van der Waals surface area contributed by atoms with Crippen LogP contribution in [-0.2, 0) is 11.2 Å². The second kappa shape index (κ2) is 6.46. The van der Waals surface area contributed by atoms with Gasteiger partial charge in [0.1, 0.15) is 5.65 Å². The molecule has 2 aromatic heterocycles. The molecule has 1 aliphatic rings. The minimum absolute atomic E-state index is 0.129. The predicted octanol–water partition coefficient (Wildman–Crippen LogP) is 0.322. The minimum Gasteiger partial charge on any atom is -0.395 e. The lowest BCUT2D eigenvalue weighted by molar-refractivity contribution is -0.132. The summed E-state index contributed by atoms with van der Waals surface area (Å²) in [5.41, 5.74) is 2.84. The minimum atomic E-state index is 0.129. The van der Waals surface area contributed by atoms with E-state index in [1.807, 2.05) is 40.8 Å². The van der Waals surface area contributed by atoms with E-state index in [0.717, 1.165) is 43.1 Å². The molecule has 1 aliphatic heterocycles. The van der Waals surface area contributed by atoms with E-state index in [-0.39, 0.29) is 12.5 Å². The van der Waals surface area contributed by atoms with E-state index in [1.54, 1.807) is 0 Å². The molecular formula is C16H22N4O2. The van der Waals surface area contributed by atoms with E-state index in [4.69, 9.17) is 5.11 Å². The molecule has 0 aromatic carbocycles. The summed E-state index contributed by atoms with van der Waals surface area (Å²) in [7, 11) is 0. The van der Waals surface area contributed by atoms with E-state index in [1.165, 1.54) is 0 Å². The van der Waals surface area contributed by atoms with Crippen LogP contribution in [0.5, 0.6) is 0 Å². The number of carbonyl (C=O) groups excluding carboxylic acids is 1. The van der Waals surface area contributed by atoms with Crippen molar-refractivity contribution in [2.75, 3.05) is 39.3 Å². The van der Waals surface area contributed by atoms with Crippen molar-refractivity contribution in [1.82, 2.24) is 19.2 Å². The molecule has 2 aromatic rings. The van der Waals surface area contributed by atoms with Crippen molar-refractivity contribution in [3.8, 4) is 0 Å². The van der Waals surface area contributed by atoms with Crippen molar-refractivity contribution in [2.24, 2.45) is 0 Å². The van der Waals surface area contributed by atoms with Gasteiger partial charge in [-0.25, -0.2) is 4.98 Å². The summed E-state index contributed by atoms with van der Waals surface area (Å²) >= 11 is 0. The molecule has 1 amide bonds. The molecule has 0 unspecified atom stereocenters. The first-order valence-electron chi connectivity index (χ1n) is 7.71. The maximum atomic E-state index is 12.4. The van der Waals surface area contributed by atoms with Crippen molar-refractivity contribution in [3.05, 3.63) is 35.8 Å². The Kier molecular flexibility index (Phi) is 4.40. The molecule has 0 saturated carbocycles. The molecule has 3 rings (SSSR count). The third-order valence-electron chi connectivity index (χ3n) is 4.20. The number of pyridine rings is 1. The number of aliphatic hydroxyl groups excluding tert-OH is 1. The van der Waals surface area contributed by atoms with E-state index in [0.29, 0.717) is 13.0 Å². The first kappa shape index (κ1) is 15.0. The van der Waals surface area contributed by atoms with Gasteiger partial charge in [-0.05, 0) is 18.6 Å². The average molecular weight is 302 g/mol. The Hall–Kier alpha value is -1.92. The van der Waals surface area contributed by atoms with E-state index in [2.05, 4.69) is 9.88 Å². The number of hydrogen-bond acceptors (Lipinski definition) is 4. The number of carbonyl (C=O) groups is 1. The van der Waals surface area contributed by atoms with Gasteiger partial charge in [0.15, 0.2) is 0 Å². The number of imidazole rings is 1. The van der Waals surface area contributed by atoms with Crippen molar-refractivity contribution in [1.29, 1.82) is 0 Å². The Bertz CT molecular complexity index is 659. The molecule has 3 heterocycles. The van der Waals surface area contributed by atoms with Crippen molar-refractivity contribution < 1.29 is 9.90 Å². The monoisotopic (exact) mass is 302 g/mol. The van der Waals surface area contributed by atoms with Crippen LogP contribution in [0, 0.1) is 6.92 Å². The Labute approximate surface area is 130 Å². The molecule has 6 heteroatoms. The first-order chi connectivity index (χ1) is 10.7. The molecule has 1 saturated heterocycles. The molecule has 1 N–H and O–H groups in total. The third kappa shape index (κ3) is 3.13. The first-order valence-corrected chi connectivity index (χ1v) is 7.71. The summed E-state index contributed by atoms with van der Waals surface area (Å²) in [5, 5.41) is 8.95. The molecule has 0 spiro atoms. The van der Waals surface area contributed by atoms with Crippen LogP contribution in [0.25, 0.3) is 5.65 Å². The summed E-state index contributed by atoms with van der Waals surface area (Å²) < 4.78 is 1.97. The van der Waals surface area contributed by atoms with Crippen LogP contribution in [0.3, 0.4) is 0 Å². The highest BCUT2D eigenvalue weighted by Crippen LogP contribution is 2.12. The van der Waals surface area contributed by atoms with E-state index >= 15 is 0 Å². The molecule has 22 heavy (non-hydrogen) atoms. The Balaban J connectivity index is 1.62. The highest BCUT2D eigenvalue weighted by atomic mass is 16.3. The SMILES string of the molecule is Cc1cccn2cc(CC(=O)N3CCN(CCO)CC3)nc12. The Morgan fingerprint density at radius 3 is 2.77 bits per heavy atom. The van der Waals surface area contributed by atoms with Gasteiger partial charge in [-0.15, -0.1) is 0 Å². The fraction of sp³-hybridized carbons (Fsp3) is 0.500. The van der Waals surface area contributed by atoms with Crippen LogP contribution in [0.1, 0.15) is 11.3 Å². The van der Waals surface area contributed by atoms with Gasteiger partial charge in [0.2, 0.25) is 5.91 Å². The van der Waals surface area contributed by atoms with Crippen LogP contribution in [0.4, 0.5) is 0 Å². The van der Waals surface area contributed by atoms with Crippen molar-refractivity contribution in [3.63, 3.8) is 0 Å². The lowest BCUT2D eigenvalue weighted by Crippen LogP contribution is -2.49. The van der Waals surface area contributed by atoms with E-state index < -0.39 is 0 Å². The average Bonchev–Trinajstić information content (AvgIpc) is 2.92. The van der Waals surface area contributed by atoms with Crippen LogP contribution >= 0.6 is 0 Å². The summed E-state index contributed by atoms with van der Waals surface area (Å²) in [4.78, 5) is 21.0. The lowest BCUT2D eigenvalue weighted by atomic mass is 10.2. The third-order valence-corrected chi connectivity index (χ3v) is 4.20. The van der Waals surface area contributed by atoms with Crippen LogP contribution in [-0.4, -0.2) is 69.5 Å². The highest BCUT2D eigenvalue weighted by molar-refractivity contribution is 5.78. The van der Waals surface area contributed by atoms with Gasteiger partial charge in [-0.2, -0.15) is 0 Å². The maximum absolute atomic E-state index is 12.4. The molecular weight excluding hydrogens is 280 g/mol. The zero-order chi connectivity index (χ0) is 15.5. The van der Waals surface area contributed by atoms with Gasteiger partial charge >= 0.3 is 0 Å². The molecule has 118 valence electrons. The smallest absolute Gasteiger partial charge is 0.228 e. The van der Waals surface area contributed by atoms with Crippen LogP contribution in [0.15, 0.2) is 24.5 Å². The van der Waals surface area contributed by atoms with E-state index in [9.17, 15) is 4.79 Å². The highest BCUT2D eigenvalue weighted by Gasteiger charge is 2.21. The zero-order valence-electron chi connectivity index (χ0n) is 12.9. The van der Waals surface area contributed by atoms with Gasteiger partial charge < -0.3 is 14.4 Å². The summed E-state index contributed by atoms with van der Waals surface area (Å²) in [6, 6.07) is 4.00. The maximum Gasteiger partial charge on any atom is 0.228 e. The van der Waals surface area contributed by atoms with Gasteiger partial charge in [0, 0.05) is 45.1 Å². The lowest BCUT2D eigenvalue weighted by Gasteiger charge is -2.34. The number of rotatable bonds is 4. The van der Waals surface area contributed by atoms with Crippen LogP contribution in [0.2, 0.25) is 0 Å². The number of amides is 1. The Morgan fingerprint density at radius 1 is 1.32 bits per heavy atom. The fourth-order valence-corrected chi connectivity index (χ4v) is 2.92. The number of hydrogen-bond donors (Lipinski definition) is 1. The topological polar surface area (TPSA) is 61.1 Å². The number of nitrogens with zero attached hydrogens (tertiary/aromatic N) is 4. The second-order valence-electron chi connectivity index (χ2n) is 5.78. The molecule has 0 bridgehead atoms. The number of fused-ring (bicyclic) bond motifs is 1. The van der Waals surface area contributed by atoms with Gasteiger partial charge in [-0.3, -0.25) is 9.69 Å². The standard InChI is InChI=1S/C16H22N4O2/c1-13-3-2-4-20-12-14(17-16(13)20)11-15(22)19-7-5-18(6-8-19)9-10-21/h2-4,12,21H,5-11H2,1H3. The number of aliphatic hydroxyl groups is 1. The van der Waals surface area contributed by atoms with Crippen molar-refractivity contribution >= 4 is 11.6 Å². The molecule has 0 radical (unpaired) electrons. The fourth-order valence-electron chi connectivity index (χ4n) is 2.92. The predicted molar refractivity (Wildman–Crippen MR) is 83.7 cm³/mol. The van der Waals surface area contributed by atoms with Gasteiger partial charge in [0.25, 0.3) is 0 Å². The van der Waals surface area contributed by atoms with Gasteiger partial charge in [0.05, 0.1) is 18.7 Å². The molecule has 0 aliphatic carbocycles. The summed E-state index contributed by atoms with van der Waals surface area (Å²) in [6.07, 6.45) is 4.24. The summed E-state index contributed by atoms with van der Waals surface area (Å²) in [5.74, 6) is 0.129. The summed E-state index contributed by atoms with van der Waals surface area (Å²) in [6.45, 7) is 6.00. The second-order valence-corrected chi connectivity index (χ2v) is 5.78.